The summed E-state index contributed by atoms with van der Waals surface area (Å²) in [6.45, 7) is 3.80. The number of aromatic nitrogens is 3. The van der Waals surface area contributed by atoms with Gasteiger partial charge in [0.05, 0.1) is 17.4 Å². The Labute approximate surface area is 109 Å². The van der Waals surface area contributed by atoms with Gasteiger partial charge in [-0.25, -0.2) is 4.98 Å². The fourth-order valence-electron chi connectivity index (χ4n) is 1.66. The highest BCUT2D eigenvalue weighted by Crippen LogP contribution is 2.23. The quantitative estimate of drug-likeness (QED) is 0.871. The van der Waals surface area contributed by atoms with Crippen molar-refractivity contribution < 1.29 is 4.79 Å². The third-order valence-electron chi connectivity index (χ3n) is 2.58. The summed E-state index contributed by atoms with van der Waals surface area (Å²) < 4.78 is 1.46. The van der Waals surface area contributed by atoms with E-state index in [-0.39, 0.29) is 5.91 Å². The number of carbonyl (C=O) groups excluding carboxylic acids is 1. The highest BCUT2D eigenvalue weighted by atomic mass is 32.1. The molecule has 0 radical (unpaired) electrons. The number of nitrogen functional groups attached to an aromatic ring is 1. The van der Waals surface area contributed by atoms with Crippen molar-refractivity contribution in [3.05, 3.63) is 28.5 Å². The van der Waals surface area contributed by atoms with E-state index in [9.17, 15) is 4.79 Å². The average molecular weight is 265 g/mol. The van der Waals surface area contributed by atoms with Crippen LogP contribution in [0, 0.1) is 0 Å². The molecule has 2 aromatic heterocycles. The number of nitrogens with one attached hydrogen (secondary N) is 1. The molecule has 2 rings (SSSR count). The van der Waals surface area contributed by atoms with Crippen molar-refractivity contribution in [3.63, 3.8) is 0 Å². The molecule has 96 valence electrons. The van der Waals surface area contributed by atoms with Crippen molar-refractivity contribution in [2.24, 2.45) is 7.05 Å². The predicted octanol–water partition coefficient (Wildman–Crippen LogP) is 1.12. The van der Waals surface area contributed by atoms with Gasteiger partial charge < -0.3 is 11.1 Å². The zero-order valence-electron chi connectivity index (χ0n) is 10.5. The Balaban J connectivity index is 2.22. The average Bonchev–Trinajstić information content (AvgIpc) is 2.88. The fraction of sp³-hybridized carbons (Fsp3) is 0.364. The molecule has 0 aliphatic rings. The van der Waals surface area contributed by atoms with E-state index in [0.29, 0.717) is 11.4 Å². The number of hydrogen-bond acceptors (Lipinski definition) is 5. The number of anilines is 1. The van der Waals surface area contributed by atoms with Crippen molar-refractivity contribution in [2.45, 2.75) is 19.4 Å². The second kappa shape index (κ2) is 4.41. The summed E-state index contributed by atoms with van der Waals surface area (Å²) in [5.41, 5.74) is 5.91. The van der Waals surface area contributed by atoms with E-state index in [1.54, 1.807) is 13.2 Å². The van der Waals surface area contributed by atoms with Gasteiger partial charge in [0.15, 0.2) is 0 Å². The summed E-state index contributed by atoms with van der Waals surface area (Å²) in [6.07, 6.45) is 3.18. The van der Waals surface area contributed by atoms with E-state index in [2.05, 4.69) is 15.4 Å². The molecule has 7 heteroatoms. The Kier molecular flexibility index (Phi) is 3.08. The van der Waals surface area contributed by atoms with Gasteiger partial charge in [-0.2, -0.15) is 5.10 Å². The monoisotopic (exact) mass is 265 g/mol. The smallest absolute Gasteiger partial charge is 0.272 e. The van der Waals surface area contributed by atoms with E-state index in [1.807, 2.05) is 19.2 Å². The van der Waals surface area contributed by atoms with Gasteiger partial charge in [0.2, 0.25) is 0 Å². The minimum absolute atomic E-state index is 0.257. The van der Waals surface area contributed by atoms with Gasteiger partial charge in [0.25, 0.3) is 5.91 Å². The molecule has 0 unspecified atom stereocenters. The summed E-state index contributed by atoms with van der Waals surface area (Å²) in [5, 5.41) is 9.58. The van der Waals surface area contributed by atoms with Crippen molar-refractivity contribution in [1.29, 1.82) is 0 Å². The van der Waals surface area contributed by atoms with Crippen LogP contribution < -0.4 is 11.1 Å². The lowest BCUT2D eigenvalue weighted by molar-refractivity contribution is 0.0903. The molecule has 3 N–H and O–H groups in total. The highest BCUT2D eigenvalue weighted by molar-refractivity contribution is 7.09. The molecule has 0 spiro atoms. The van der Waals surface area contributed by atoms with Gasteiger partial charge in [0.1, 0.15) is 10.7 Å². The van der Waals surface area contributed by atoms with Crippen LogP contribution in [-0.4, -0.2) is 20.7 Å². The van der Waals surface area contributed by atoms with E-state index in [0.717, 1.165) is 5.01 Å². The Hall–Kier alpha value is -1.89. The number of aryl methyl sites for hydroxylation is 1. The first-order valence-corrected chi connectivity index (χ1v) is 6.30. The maximum Gasteiger partial charge on any atom is 0.272 e. The highest BCUT2D eigenvalue weighted by Gasteiger charge is 2.28. The van der Waals surface area contributed by atoms with Crippen molar-refractivity contribution in [2.75, 3.05) is 5.73 Å². The molecule has 1 amide bonds. The molecule has 18 heavy (non-hydrogen) atoms. The molecule has 0 aromatic carbocycles. The predicted molar refractivity (Wildman–Crippen MR) is 70.2 cm³/mol. The molecule has 2 heterocycles. The summed E-state index contributed by atoms with van der Waals surface area (Å²) in [5.74, 6) is -0.257. The van der Waals surface area contributed by atoms with Gasteiger partial charge in [-0.1, -0.05) is 0 Å². The topological polar surface area (TPSA) is 85.8 Å². The first-order valence-electron chi connectivity index (χ1n) is 5.42. The number of carbonyl (C=O) groups is 1. The van der Waals surface area contributed by atoms with Gasteiger partial charge in [-0.3, -0.25) is 9.48 Å². The van der Waals surface area contributed by atoms with E-state index in [1.165, 1.54) is 22.2 Å². The van der Waals surface area contributed by atoms with E-state index < -0.39 is 5.54 Å². The zero-order valence-corrected chi connectivity index (χ0v) is 11.3. The minimum atomic E-state index is -0.540. The third kappa shape index (κ3) is 2.21. The maximum absolute atomic E-state index is 12.2. The summed E-state index contributed by atoms with van der Waals surface area (Å²) >= 11 is 1.50. The van der Waals surface area contributed by atoms with Crippen LogP contribution in [0.3, 0.4) is 0 Å². The van der Waals surface area contributed by atoms with Crippen LogP contribution in [0.2, 0.25) is 0 Å². The molecule has 0 aliphatic heterocycles. The Morgan fingerprint density at radius 2 is 2.28 bits per heavy atom. The summed E-state index contributed by atoms with van der Waals surface area (Å²) in [4.78, 5) is 16.4. The molecule has 6 nitrogen and oxygen atoms in total. The molecule has 0 saturated heterocycles. The van der Waals surface area contributed by atoms with E-state index in [4.69, 9.17) is 5.73 Å². The normalized spacial score (nSPS) is 11.5. The number of thiazole rings is 1. The third-order valence-corrected chi connectivity index (χ3v) is 3.67. The molecule has 0 fully saturated rings. The Morgan fingerprint density at radius 1 is 1.56 bits per heavy atom. The van der Waals surface area contributed by atoms with Crippen LogP contribution in [0.15, 0.2) is 17.8 Å². The summed E-state index contributed by atoms with van der Waals surface area (Å²) in [7, 11) is 1.68. The lowest BCUT2D eigenvalue weighted by atomic mass is 10.1. The lowest BCUT2D eigenvalue weighted by Crippen LogP contribution is -2.41. The second-order valence-corrected chi connectivity index (χ2v) is 5.38. The van der Waals surface area contributed by atoms with Crippen LogP contribution >= 0.6 is 11.3 Å². The largest absolute Gasteiger partial charge is 0.396 e. The van der Waals surface area contributed by atoms with Gasteiger partial charge in [-0.05, 0) is 13.8 Å². The number of rotatable bonds is 3. The second-order valence-electron chi connectivity index (χ2n) is 4.49. The SMILES string of the molecule is Cn1ncc(N)c1C(=O)NC(C)(C)c1nccs1. The fourth-order valence-corrected chi connectivity index (χ4v) is 2.38. The van der Waals surface area contributed by atoms with E-state index >= 15 is 0 Å². The molecular weight excluding hydrogens is 250 g/mol. The van der Waals surface area contributed by atoms with Crippen LogP contribution in [0.4, 0.5) is 5.69 Å². The number of nitrogens with two attached hydrogens (primary N) is 1. The van der Waals surface area contributed by atoms with Crippen LogP contribution in [0.25, 0.3) is 0 Å². The van der Waals surface area contributed by atoms with Gasteiger partial charge in [-0.15, -0.1) is 11.3 Å². The molecular formula is C11H15N5OS. The number of amides is 1. The zero-order chi connectivity index (χ0) is 13.3. The Morgan fingerprint density at radius 3 is 2.78 bits per heavy atom. The van der Waals surface area contributed by atoms with Crippen molar-refractivity contribution >= 4 is 22.9 Å². The van der Waals surface area contributed by atoms with Crippen molar-refractivity contribution in [3.8, 4) is 0 Å². The number of hydrogen-bond donors (Lipinski definition) is 2. The van der Waals surface area contributed by atoms with Crippen molar-refractivity contribution in [1.82, 2.24) is 20.1 Å². The standard InChI is InChI=1S/C11H15N5OS/c1-11(2,10-13-4-5-18-10)15-9(17)8-7(12)6-14-16(8)3/h4-6H,12H2,1-3H3,(H,15,17). The molecule has 2 aromatic rings. The van der Waals surface area contributed by atoms with Crippen LogP contribution in [0.1, 0.15) is 29.3 Å². The summed E-state index contributed by atoms with van der Waals surface area (Å²) in [6, 6.07) is 0. The first kappa shape index (κ1) is 12.6. The maximum atomic E-state index is 12.2. The molecule has 0 atom stereocenters. The number of nitrogens with zero attached hydrogens (tertiary/aromatic N) is 3. The molecule has 0 bridgehead atoms. The van der Waals surface area contributed by atoms with Crippen LogP contribution in [-0.2, 0) is 12.6 Å². The minimum Gasteiger partial charge on any atom is -0.396 e. The first-order chi connectivity index (χ1) is 8.42. The molecule has 0 aliphatic carbocycles. The van der Waals surface area contributed by atoms with Gasteiger partial charge >= 0.3 is 0 Å². The molecule has 0 saturated carbocycles. The van der Waals surface area contributed by atoms with Gasteiger partial charge in [0, 0.05) is 18.6 Å². The Bertz CT molecular complexity index is 539. The lowest BCUT2D eigenvalue weighted by Gasteiger charge is -2.23. The van der Waals surface area contributed by atoms with Crippen LogP contribution in [0.5, 0.6) is 0 Å².